The molecule has 1 unspecified atom stereocenters. The van der Waals surface area contributed by atoms with Crippen molar-refractivity contribution < 1.29 is 13.2 Å². The molecule has 3 N–H and O–H groups in total. The van der Waals surface area contributed by atoms with Crippen LogP contribution < -0.4 is 20.9 Å². The second kappa shape index (κ2) is 5.13. The minimum absolute atomic E-state index is 0.0758. The number of hydrogen-bond acceptors (Lipinski definition) is 9. The van der Waals surface area contributed by atoms with Crippen molar-refractivity contribution in [2.45, 2.75) is 13.0 Å². The highest BCUT2D eigenvalue weighted by atomic mass is 32.2. The van der Waals surface area contributed by atoms with Gasteiger partial charge in [0.25, 0.3) is 0 Å². The first kappa shape index (κ1) is 13.7. The zero-order chi connectivity index (χ0) is 14.0. The van der Waals surface area contributed by atoms with E-state index >= 15 is 0 Å². The molecule has 1 fully saturated rings. The van der Waals surface area contributed by atoms with Crippen molar-refractivity contribution >= 4 is 21.7 Å². The lowest BCUT2D eigenvalue weighted by atomic mass is 10.3. The molecule has 2 heterocycles. The number of nitrogens with two attached hydrogens (primary N) is 1. The fourth-order valence-corrected chi connectivity index (χ4v) is 3.48. The van der Waals surface area contributed by atoms with Gasteiger partial charge in [0.1, 0.15) is 0 Å². The maximum atomic E-state index is 11.5. The fourth-order valence-electron chi connectivity index (χ4n) is 1.93. The van der Waals surface area contributed by atoms with E-state index in [2.05, 4.69) is 20.4 Å². The molecule has 0 amide bonds. The molecule has 1 saturated heterocycles. The third kappa shape index (κ3) is 3.01. The molecular formula is C9H16N6O3S. The van der Waals surface area contributed by atoms with Crippen LogP contribution in [0, 0.1) is 0 Å². The maximum Gasteiger partial charge on any atom is 0.322 e. The van der Waals surface area contributed by atoms with Gasteiger partial charge in [-0.15, -0.1) is 0 Å². The van der Waals surface area contributed by atoms with E-state index in [4.69, 9.17) is 10.6 Å². The van der Waals surface area contributed by atoms with E-state index in [1.165, 1.54) is 7.11 Å². The molecule has 0 spiro atoms. The van der Waals surface area contributed by atoms with E-state index in [-0.39, 0.29) is 29.5 Å². The van der Waals surface area contributed by atoms with Crippen molar-refractivity contribution in [2.24, 2.45) is 5.84 Å². The third-order valence-corrected chi connectivity index (χ3v) is 4.64. The van der Waals surface area contributed by atoms with Gasteiger partial charge in [0, 0.05) is 12.6 Å². The number of rotatable bonds is 3. The predicted octanol–water partition coefficient (Wildman–Crippen LogP) is -1.21. The second-order valence-corrected chi connectivity index (χ2v) is 6.48. The number of aromatic nitrogens is 3. The van der Waals surface area contributed by atoms with Crippen LogP contribution in [0.4, 0.5) is 11.9 Å². The van der Waals surface area contributed by atoms with Crippen molar-refractivity contribution in [1.29, 1.82) is 0 Å². The Labute approximate surface area is 111 Å². The summed E-state index contributed by atoms with van der Waals surface area (Å²) < 4.78 is 28.1. The highest BCUT2D eigenvalue weighted by Crippen LogP contribution is 2.20. The quantitative estimate of drug-likeness (QED) is 0.520. The van der Waals surface area contributed by atoms with Gasteiger partial charge in [0.15, 0.2) is 9.84 Å². The normalized spacial score (nSPS) is 22.1. The van der Waals surface area contributed by atoms with Gasteiger partial charge < -0.3 is 9.64 Å². The number of nitrogen functional groups attached to an aromatic ring is 1. The van der Waals surface area contributed by atoms with E-state index in [1.807, 2.05) is 6.92 Å². The molecule has 1 atom stereocenters. The van der Waals surface area contributed by atoms with Crippen LogP contribution in [0.1, 0.15) is 6.92 Å². The average Bonchev–Trinajstić information content (AvgIpc) is 2.37. The molecule has 1 aromatic rings. The molecule has 0 saturated carbocycles. The van der Waals surface area contributed by atoms with Gasteiger partial charge in [0.2, 0.25) is 11.9 Å². The van der Waals surface area contributed by atoms with Gasteiger partial charge in [-0.2, -0.15) is 15.0 Å². The van der Waals surface area contributed by atoms with Crippen LogP contribution in [0.2, 0.25) is 0 Å². The summed E-state index contributed by atoms with van der Waals surface area (Å²) in [6.07, 6.45) is 0. The molecule has 0 aliphatic carbocycles. The molecule has 0 bridgehead atoms. The Morgan fingerprint density at radius 1 is 1.42 bits per heavy atom. The molecule has 1 aliphatic rings. The summed E-state index contributed by atoms with van der Waals surface area (Å²) in [5.41, 5.74) is 2.33. The number of hydrazine groups is 1. The van der Waals surface area contributed by atoms with Gasteiger partial charge in [-0.3, -0.25) is 5.43 Å². The van der Waals surface area contributed by atoms with Gasteiger partial charge in [0.05, 0.1) is 18.6 Å². The van der Waals surface area contributed by atoms with E-state index < -0.39 is 9.84 Å². The van der Waals surface area contributed by atoms with Crippen LogP contribution >= 0.6 is 0 Å². The molecule has 106 valence electrons. The topological polar surface area (TPSA) is 123 Å². The van der Waals surface area contributed by atoms with Crippen LogP contribution in [0.3, 0.4) is 0 Å². The number of nitrogens with zero attached hydrogens (tertiary/aromatic N) is 4. The summed E-state index contributed by atoms with van der Waals surface area (Å²) in [5, 5.41) is 0. The van der Waals surface area contributed by atoms with Crippen LogP contribution in [0.15, 0.2) is 0 Å². The number of sulfone groups is 1. The lowest BCUT2D eigenvalue weighted by Crippen LogP contribution is -2.47. The lowest BCUT2D eigenvalue weighted by molar-refractivity contribution is 0.378. The monoisotopic (exact) mass is 288 g/mol. The summed E-state index contributed by atoms with van der Waals surface area (Å²) in [4.78, 5) is 13.9. The number of ether oxygens (including phenoxy) is 1. The molecule has 2 rings (SSSR count). The van der Waals surface area contributed by atoms with Gasteiger partial charge in [-0.25, -0.2) is 14.3 Å². The van der Waals surface area contributed by atoms with Crippen molar-refractivity contribution in [3.8, 4) is 6.01 Å². The zero-order valence-corrected chi connectivity index (χ0v) is 11.5. The number of hydrogen-bond donors (Lipinski definition) is 2. The summed E-state index contributed by atoms with van der Waals surface area (Å²) in [6, 6.07) is -0.0879. The van der Waals surface area contributed by atoms with Crippen molar-refractivity contribution in [2.75, 3.05) is 35.5 Å². The third-order valence-electron chi connectivity index (χ3n) is 2.84. The first-order chi connectivity index (χ1) is 8.95. The maximum absolute atomic E-state index is 11.5. The summed E-state index contributed by atoms with van der Waals surface area (Å²) in [5.74, 6) is 5.95. The van der Waals surface area contributed by atoms with Crippen molar-refractivity contribution in [3.63, 3.8) is 0 Å². The second-order valence-electron chi connectivity index (χ2n) is 4.25. The SMILES string of the molecule is COc1nc(NN)nc(N2CCS(=O)(=O)CC2C)n1. The molecule has 9 nitrogen and oxygen atoms in total. The van der Waals surface area contributed by atoms with Gasteiger partial charge in [-0.05, 0) is 6.92 Å². The number of nitrogens with one attached hydrogen (secondary N) is 1. The first-order valence-electron chi connectivity index (χ1n) is 5.69. The standard InChI is InChI=1S/C9H16N6O3S/c1-6-5-19(16,17)4-3-15(6)8-11-7(14-10)12-9(13-8)18-2/h6H,3-5,10H2,1-2H3,(H,11,12,13,14). The van der Waals surface area contributed by atoms with Gasteiger partial charge >= 0.3 is 6.01 Å². The van der Waals surface area contributed by atoms with Crippen LogP contribution in [-0.4, -0.2) is 54.6 Å². The summed E-state index contributed by atoms with van der Waals surface area (Å²) >= 11 is 0. The minimum atomic E-state index is -2.99. The van der Waals surface area contributed by atoms with Crippen LogP contribution in [0.5, 0.6) is 6.01 Å². The Kier molecular flexibility index (Phi) is 3.71. The fraction of sp³-hybridized carbons (Fsp3) is 0.667. The molecule has 1 aliphatic heterocycles. The van der Waals surface area contributed by atoms with E-state index in [0.29, 0.717) is 12.5 Å². The molecule has 19 heavy (non-hydrogen) atoms. The Balaban J connectivity index is 2.31. The van der Waals surface area contributed by atoms with Crippen molar-refractivity contribution in [1.82, 2.24) is 15.0 Å². The largest absolute Gasteiger partial charge is 0.467 e. The number of anilines is 2. The number of methoxy groups -OCH3 is 1. The zero-order valence-electron chi connectivity index (χ0n) is 10.7. The smallest absolute Gasteiger partial charge is 0.322 e. The highest BCUT2D eigenvalue weighted by molar-refractivity contribution is 7.91. The molecule has 0 radical (unpaired) electrons. The molecule has 1 aromatic heterocycles. The summed E-state index contributed by atoms with van der Waals surface area (Å²) in [7, 11) is -1.55. The Morgan fingerprint density at radius 3 is 2.74 bits per heavy atom. The minimum Gasteiger partial charge on any atom is -0.467 e. The first-order valence-corrected chi connectivity index (χ1v) is 7.51. The van der Waals surface area contributed by atoms with E-state index in [1.54, 1.807) is 4.90 Å². The Hall–Kier alpha value is -1.68. The van der Waals surface area contributed by atoms with Crippen LogP contribution in [0.25, 0.3) is 0 Å². The Morgan fingerprint density at radius 2 is 2.16 bits per heavy atom. The molecule has 10 heteroatoms. The Bertz CT molecular complexity index is 541. The van der Waals surface area contributed by atoms with E-state index in [0.717, 1.165) is 0 Å². The van der Waals surface area contributed by atoms with E-state index in [9.17, 15) is 8.42 Å². The summed E-state index contributed by atoms with van der Waals surface area (Å²) in [6.45, 7) is 2.14. The predicted molar refractivity (Wildman–Crippen MR) is 69.7 cm³/mol. The highest BCUT2D eigenvalue weighted by Gasteiger charge is 2.30. The van der Waals surface area contributed by atoms with Crippen molar-refractivity contribution in [3.05, 3.63) is 0 Å². The molecular weight excluding hydrogens is 272 g/mol. The van der Waals surface area contributed by atoms with Gasteiger partial charge in [-0.1, -0.05) is 0 Å². The van der Waals surface area contributed by atoms with Crippen LogP contribution in [-0.2, 0) is 9.84 Å². The lowest BCUT2D eigenvalue weighted by Gasteiger charge is -2.33. The average molecular weight is 288 g/mol. The molecule has 0 aromatic carbocycles.